The molecule has 2 atom stereocenters. The number of hydrogen-bond acceptors (Lipinski definition) is 4. The first-order valence-corrected chi connectivity index (χ1v) is 8.31. The van der Waals surface area contributed by atoms with E-state index in [2.05, 4.69) is 15.8 Å². The van der Waals surface area contributed by atoms with Crippen molar-refractivity contribution in [2.45, 2.75) is 45.8 Å². The van der Waals surface area contributed by atoms with Crippen LogP contribution in [0.1, 0.15) is 30.4 Å². The van der Waals surface area contributed by atoms with Crippen LogP contribution in [0.3, 0.4) is 0 Å². The third kappa shape index (κ3) is 3.50. The molecule has 0 aliphatic carbocycles. The number of nitrogens with zero attached hydrogens (tertiary/aromatic N) is 2. The fraction of sp³-hybridized carbons (Fsp3) is 0.389. The first-order chi connectivity index (χ1) is 12.0. The van der Waals surface area contributed by atoms with Crippen molar-refractivity contribution in [3.8, 4) is 0 Å². The molecule has 3 rings (SSSR count). The van der Waals surface area contributed by atoms with Gasteiger partial charge in [-0.1, -0.05) is 23.4 Å². The summed E-state index contributed by atoms with van der Waals surface area (Å²) in [5.74, 6) is 0.588. The standard InChI is InChI=1S/C18H22N4O3/c1-11-9-16(17(23)22(11)14-7-5-4-6-8-14)20-18(24)19-10-15-12(2)21-25-13(15)3/h4-8,11,16H,9-10H2,1-3H3,(H2,19,20,24)/t11-,16+/m0/s1. The van der Waals surface area contributed by atoms with Gasteiger partial charge in [0.15, 0.2) is 0 Å². The van der Waals surface area contributed by atoms with E-state index >= 15 is 0 Å². The highest BCUT2D eigenvalue weighted by Crippen LogP contribution is 2.26. The van der Waals surface area contributed by atoms with Gasteiger partial charge in [0.25, 0.3) is 0 Å². The van der Waals surface area contributed by atoms with Gasteiger partial charge in [-0.3, -0.25) is 4.79 Å². The van der Waals surface area contributed by atoms with E-state index in [1.165, 1.54) is 0 Å². The highest BCUT2D eigenvalue weighted by Gasteiger charge is 2.38. The van der Waals surface area contributed by atoms with Crippen molar-refractivity contribution in [2.75, 3.05) is 4.90 Å². The first kappa shape index (κ1) is 17.0. The van der Waals surface area contributed by atoms with Gasteiger partial charge in [-0.15, -0.1) is 0 Å². The third-order valence-electron chi connectivity index (χ3n) is 4.50. The van der Waals surface area contributed by atoms with E-state index in [4.69, 9.17) is 4.52 Å². The lowest BCUT2D eigenvalue weighted by atomic mass is 10.2. The number of para-hydroxylation sites is 1. The highest BCUT2D eigenvalue weighted by atomic mass is 16.5. The van der Waals surface area contributed by atoms with Crippen LogP contribution in [0.15, 0.2) is 34.9 Å². The molecule has 1 saturated heterocycles. The molecule has 2 aromatic rings. The molecule has 2 heterocycles. The van der Waals surface area contributed by atoms with Gasteiger partial charge in [0, 0.05) is 23.8 Å². The van der Waals surface area contributed by atoms with Crippen molar-refractivity contribution in [3.63, 3.8) is 0 Å². The van der Waals surface area contributed by atoms with E-state index in [0.717, 1.165) is 16.9 Å². The number of urea groups is 1. The van der Waals surface area contributed by atoms with Gasteiger partial charge in [-0.05, 0) is 39.3 Å². The maximum absolute atomic E-state index is 12.7. The molecular weight excluding hydrogens is 320 g/mol. The minimum absolute atomic E-state index is 0.0303. The number of hydrogen-bond donors (Lipinski definition) is 2. The number of nitrogens with one attached hydrogen (secondary N) is 2. The number of carbonyl (C=O) groups is 2. The van der Waals surface area contributed by atoms with E-state index in [0.29, 0.717) is 18.7 Å². The average Bonchev–Trinajstić information content (AvgIpc) is 3.05. The summed E-state index contributed by atoms with van der Waals surface area (Å²) in [6.45, 7) is 5.92. The molecule has 132 valence electrons. The quantitative estimate of drug-likeness (QED) is 0.892. The Balaban J connectivity index is 1.60. The fourth-order valence-corrected chi connectivity index (χ4v) is 3.16. The molecule has 1 aliphatic rings. The topological polar surface area (TPSA) is 87.5 Å². The SMILES string of the molecule is Cc1noc(C)c1CNC(=O)N[C@@H]1C[C@H](C)N(c2ccccc2)C1=O. The molecule has 1 fully saturated rings. The summed E-state index contributed by atoms with van der Waals surface area (Å²) in [6.07, 6.45) is 0.576. The Bertz CT molecular complexity index is 752. The second-order valence-corrected chi connectivity index (χ2v) is 6.31. The van der Waals surface area contributed by atoms with Crippen LogP contribution in [0.4, 0.5) is 10.5 Å². The fourth-order valence-electron chi connectivity index (χ4n) is 3.16. The smallest absolute Gasteiger partial charge is 0.315 e. The summed E-state index contributed by atoms with van der Waals surface area (Å²) in [5, 5.41) is 9.39. The maximum atomic E-state index is 12.7. The van der Waals surface area contributed by atoms with Crippen LogP contribution in [0.2, 0.25) is 0 Å². The molecule has 0 saturated carbocycles. The van der Waals surface area contributed by atoms with Gasteiger partial charge in [0.2, 0.25) is 5.91 Å². The van der Waals surface area contributed by atoms with Crippen LogP contribution in [-0.4, -0.2) is 29.2 Å². The normalized spacial score (nSPS) is 20.0. The predicted octanol–water partition coefficient (Wildman–Crippen LogP) is 2.28. The lowest BCUT2D eigenvalue weighted by Gasteiger charge is -2.21. The van der Waals surface area contributed by atoms with Crippen LogP contribution < -0.4 is 15.5 Å². The summed E-state index contributed by atoms with van der Waals surface area (Å²) < 4.78 is 5.07. The van der Waals surface area contributed by atoms with E-state index in [1.807, 2.05) is 44.2 Å². The average molecular weight is 342 g/mol. The maximum Gasteiger partial charge on any atom is 0.315 e. The highest BCUT2D eigenvalue weighted by molar-refractivity contribution is 6.01. The van der Waals surface area contributed by atoms with E-state index in [9.17, 15) is 9.59 Å². The summed E-state index contributed by atoms with van der Waals surface area (Å²) in [6, 6.07) is 8.62. The van der Waals surface area contributed by atoms with Gasteiger partial charge in [0.05, 0.1) is 5.69 Å². The van der Waals surface area contributed by atoms with Crippen LogP contribution in [0, 0.1) is 13.8 Å². The monoisotopic (exact) mass is 342 g/mol. The molecule has 3 amide bonds. The summed E-state index contributed by atoms with van der Waals surface area (Å²) in [5.41, 5.74) is 2.45. The van der Waals surface area contributed by atoms with Crippen molar-refractivity contribution < 1.29 is 14.1 Å². The Kier molecular flexibility index (Phi) is 4.74. The molecule has 1 aromatic carbocycles. The van der Waals surface area contributed by atoms with Gasteiger partial charge in [-0.2, -0.15) is 0 Å². The van der Waals surface area contributed by atoms with Crippen molar-refractivity contribution >= 4 is 17.6 Å². The van der Waals surface area contributed by atoms with Crippen LogP contribution in [0.5, 0.6) is 0 Å². The van der Waals surface area contributed by atoms with Crippen molar-refractivity contribution in [1.29, 1.82) is 0 Å². The number of aryl methyl sites for hydroxylation is 2. The Morgan fingerprint density at radius 1 is 1.32 bits per heavy atom. The first-order valence-electron chi connectivity index (χ1n) is 8.31. The molecule has 7 nitrogen and oxygen atoms in total. The number of rotatable bonds is 4. The summed E-state index contributed by atoms with van der Waals surface area (Å²) in [4.78, 5) is 26.6. The lowest BCUT2D eigenvalue weighted by Crippen LogP contribution is -2.46. The van der Waals surface area contributed by atoms with E-state index < -0.39 is 6.04 Å². The molecule has 7 heteroatoms. The molecule has 25 heavy (non-hydrogen) atoms. The second-order valence-electron chi connectivity index (χ2n) is 6.31. The van der Waals surface area contributed by atoms with Crippen LogP contribution in [-0.2, 0) is 11.3 Å². The van der Waals surface area contributed by atoms with Crippen LogP contribution >= 0.6 is 0 Å². The van der Waals surface area contributed by atoms with Crippen LogP contribution in [0.25, 0.3) is 0 Å². The Morgan fingerprint density at radius 2 is 2.04 bits per heavy atom. The number of aromatic nitrogens is 1. The van der Waals surface area contributed by atoms with E-state index in [1.54, 1.807) is 11.8 Å². The largest absolute Gasteiger partial charge is 0.361 e. The number of benzene rings is 1. The second kappa shape index (κ2) is 6.96. The zero-order valence-corrected chi connectivity index (χ0v) is 14.6. The molecular formula is C18H22N4O3. The zero-order chi connectivity index (χ0) is 18.0. The van der Waals surface area contributed by atoms with E-state index in [-0.39, 0.29) is 18.0 Å². The number of carbonyl (C=O) groups excluding carboxylic acids is 2. The molecule has 0 bridgehead atoms. The van der Waals surface area contributed by atoms with Crippen molar-refractivity contribution in [3.05, 3.63) is 47.3 Å². The number of amides is 3. The number of anilines is 1. The van der Waals surface area contributed by atoms with Crippen molar-refractivity contribution in [2.24, 2.45) is 0 Å². The minimum atomic E-state index is -0.528. The lowest BCUT2D eigenvalue weighted by molar-refractivity contribution is -0.118. The molecule has 1 aliphatic heterocycles. The Morgan fingerprint density at radius 3 is 2.68 bits per heavy atom. The molecule has 2 N–H and O–H groups in total. The Hall–Kier alpha value is -2.83. The molecule has 0 unspecified atom stereocenters. The zero-order valence-electron chi connectivity index (χ0n) is 14.6. The molecule has 0 spiro atoms. The van der Waals surface area contributed by atoms with Gasteiger partial charge in [-0.25, -0.2) is 4.79 Å². The minimum Gasteiger partial charge on any atom is -0.361 e. The predicted molar refractivity (Wildman–Crippen MR) is 93.1 cm³/mol. The van der Waals surface area contributed by atoms with Crippen molar-refractivity contribution in [1.82, 2.24) is 15.8 Å². The van der Waals surface area contributed by atoms with Gasteiger partial charge in [0.1, 0.15) is 11.8 Å². The molecule has 0 radical (unpaired) electrons. The summed E-state index contributed by atoms with van der Waals surface area (Å²) in [7, 11) is 0. The van der Waals surface area contributed by atoms with Gasteiger partial charge < -0.3 is 20.1 Å². The molecule has 1 aromatic heterocycles. The Labute approximate surface area is 146 Å². The summed E-state index contributed by atoms with van der Waals surface area (Å²) >= 11 is 0. The third-order valence-corrected chi connectivity index (χ3v) is 4.50. The van der Waals surface area contributed by atoms with Gasteiger partial charge >= 0.3 is 6.03 Å².